The van der Waals surface area contributed by atoms with Gasteiger partial charge in [0.2, 0.25) is 0 Å². The first-order chi connectivity index (χ1) is 7.32. The Bertz CT molecular complexity index is 264. The lowest BCUT2D eigenvalue weighted by Crippen LogP contribution is -2.44. The highest BCUT2D eigenvalue weighted by Gasteiger charge is 2.52. The van der Waals surface area contributed by atoms with E-state index in [0.717, 1.165) is 25.0 Å². The third kappa shape index (κ3) is 1.55. The number of allylic oxidation sites excluding steroid dienone is 1. The SMILES string of the molecule is CC=CC1OCC2(CO1)CC1CCC2C1. The molecule has 0 aromatic rings. The van der Waals surface area contributed by atoms with Crippen LogP contribution in [0.4, 0.5) is 0 Å². The van der Waals surface area contributed by atoms with Crippen molar-refractivity contribution in [2.75, 3.05) is 13.2 Å². The largest absolute Gasteiger partial charge is 0.348 e. The molecule has 1 saturated heterocycles. The molecule has 2 unspecified atom stereocenters. The van der Waals surface area contributed by atoms with E-state index < -0.39 is 0 Å². The first kappa shape index (κ1) is 9.86. The number of hydrogen-bond donors (Lipinski definition) is 0. The summed E-state index contributed by atoms with van der Waals surface area (Å²) in [5.41, 5.74) is 0.390. The number of ether oxygens (including phenoxy) is 2. The van der Waals surface area contributed by atoms with Gasteiger partial charge in [-0.3, -0.25) is 0 Å². The Morgan fingerprint density at radius 1 is 1.20 bits per heavy atom. The summed E-state index contributed by atoms with van der Waals surface area (Å²) in [6.07, 6.45) is 9.56. The van der Waals surface area contributed by atoms with Gasteiger partial charge in [0.15, 0.2) is 6.29 Å². The van der Waals surface area contributed by atoms with Crippen LogP contribution >= 0.6 is 0 Å². The maximum absolute atomic E-state index is 5.80. The molecule has 3 aliphatic rings. The molecule has 3 rings (SSSR count). The summed E-state index contributed by atoms with van der Waals surface area (Å²) in [6.45, 7) is 3.85. The summed E-state index contributed by atoms with van der Waals surface area (Å²) in [5.74, 6) is 1.86. The van der Waals surface area contributed by atoms with Crippen molar-refractivity contribution >= 4 is 0 Å². The van der Waals surface area contributed by atoms with Crippen molar-refractivity contribution < 1.29 is 9.47 Å². The van der Waals surface area contributed by atoms with Crippen LogP contribution in [0.3, 0.4) is 0 Å². The van der Waals surface area contributed by atoms with Gasteiger partial charge < -0.3 is 9.47 Å². The molecule has 2 nitrogen and oxygen atoms in total. The minimum atomic E-state index is -0.0836. The quantitative estimate of drug-likeness (QED) is 0.617. The third-order valence-electron chi connectivity index (χ3n) is 4.52. The van der Waals surface area contributed by atoms with Crippen LogP contribution in [0.15, 0.2) is 12.2 Å². The minimum Gasteiger partial charge on any atom is -0.348 e. The van der Waals surface area contributed by atoms with Gasteiger partial charge in [0.25, 0.3) is 0 Å². The summed E-state index contributed by atoms with van der Waals surface area (Å²) in [4.78, 5) is 0. The monoisotopic (exact) mass is 208 g/mol. The number of rotatable bonds is 1. The molecule has 2 saturated carbocycles. The zero-order valence-electron chi connectivity index (χ0n) is 9.45. The Balaban J connectivity index is 1.66. The minimum absolute atomic E-state index is 0.0836. The topological polar surface area (TPSA) is 18.5 Å². The predicted octanol–water partition coefficient (Wildman–Crippen LogP) is 2.74. The molecular weight excluding hydrogens is 188 g/mol. The summed E-state index contributed by atoms with van der Waals surface area (Å²) in [6, 6.07) is 0. The second-order valence-electron chi connectivity index (χ2n) is 5.46. The average molecular weight is 208 g/mol. The maximum Gasteiger partial charge on any atom is 0.176 e. The standard InChI is InChI=1S/C13H20O2/c1-2-3-12-14-8-13(9-15-12)7-10-4-5-11(13)6-10/h2-3,10-12H,4-9H2,1H3. The van der Waals surface area contributed by atoms with Gasteiger partial charge in [-0.25, -0.2) is 0 Å². The Labute approximate surface area is 91.6 Å². The molecule has 15 heavy (non-hydrogen) atoms. The van der Waals surface area contributed by atoms with Gasteiger partial charge in [0.1, 0.15) is 0 Å². The molecule has 0 radical (unpaired) electrons. The lowest BCUT2D eigenvalue weighted by Gasteiger charge is -2.42. The van der Waals surface area contributed by atoms with E-state index in [-0.39, 0.29) is 6.29 Å². The molecular formula is C13H20O2. The highest BCUT2D eigenvalue weighted by molar-refractivity contribution is 5.02. The number of hydrogen-bond acceptors (Lipinski definition) is 2. The second kappa shape index (κ2) is 3.60. The van der Waals surface area contributed by atoms with Crippen LogP contribution in [0.2, 0.25) is 0 Å². The van der Waals surface area contributed by atoms with Crippen LogP contribution in [0.1, 0.15) is 32.6 Å². The van der Waals surface area contributed by atoms with E-state index in [0.29, 0.717) is 5.41 Å². The molecule has 2 aliphatic carbocycles. The molecule has 0 aromatic carbocycles. The van der Waals surface area contributed by atoms with E-state index >= 15 is 0 Å². The number of fused-ring (bicyclic) bond motifs is 3. The van der Waals surface area contributed by atoms with Gasteiger partial charge in [-0.05, 0) is 44.1 Å². The fourth-order valence-electron chi connectivity index (χ4n) is 3.77. The highest BCUT2D eigenvalue weighted by atomic mass is 16.7. The van der Waals surface area contributed by atoms with Gasteiger partial charge in [0, 0.05) is 5.41 Å². The van der Waals surface area contributed by atoms with Crippen molar-refractivity contribution in [2.45, 2.75) is 38.9 Å². The lowest BCUT2D eigenvalue weighted by molar-refractivity contribution is -0.218. The summed E-state index contributed by atoms with van der Waals surface area (Å²) in [5, 5.41) is 0. The van der Waals surface area contributed by atoms with Gasteiger partial charge >= 0.3 is 0 Å². The molecule has 1 spiro atoms. The summed E-state index contributed by atoms with van der Waals surface area (Å²) < 4.78 is 11.6. The fourth-order valence-corrected chi connectivity index (χ4v) is 3.77. The van der Waals surface area contributed by atoms with Crippen LogP contribution in [-0.4, -0.2) is 19.5 Å². The normalized spacial score (nSPS) is 49.5. The smallest absolute Gasteiger partial charge is 0.176 e. The Morgan fingerprint density at radius 3 is 2.53 bits per heavy atom. The van der Waals surface area contributed by atoms with Crippen molar-refractivity contribution in [1.82, 2.24) is 0 Å². The van der Waals surface area contributed by atoms with Gasteiger partial charge in [0.05, 0.1) is 13.2 Å². The van der Waals surface area contributed by atoms with E-state index in [1.165, 1.54) is 25.7 Å². The molecule has 1 heterocycles. The lowest BCUT2D eigenvalue weighted by atomic mass is 9.74. The summed E-state index contributed by atoms with van der Waals surface area (Å²) >= 11 is 0. The van der Waals surface area contributed by atoms with Crippen LogP contribution in [0.5, 0.6) is 0 Å². The first-order valence-corrected chi connectivity index (χ1v) is 6.18. The van der Waals surface area contributed by atoms with Crippen molar-refractivity contribution in [3.63, 3.8) is 0 Å². The van der Waals surface area contributed by atoms with E-state index in [1.54, 1.807) is 0 Å². The Hall–Kier alpha value is -0.340. The van der Waals surface area contributed by atoms with Gasteiger partial charge in [-0.15, -0.1) is 0 Å². The van der Waals surface area contributed by atoms with Crippen LogP contribution < -0.4 is 0 Å². The van der Waals surface area contributed by atoms with Gasteiger partial charge in [-0.1, -0.05) is 12.5 Å². The molecule has 3 fully saturated rings. The van der Waals surface area contributed by atoms with E-state index in [4.69, 9.17) is 9.47 Å². The van der Waals surface area contributed by atoms with E-state index in [2.05, 4.69) is 0 Å². The summed E-state index contributed by atoms with van der Waals surface area (Å²) in [7, 11) is 0. The maximum atomic E-state index is 5.80. The molecule has 0 N–H and O–H groups in total. The van der Waals surface area contributed by atoms with Crippen molar-refractivity contribution in [2.24, 2.45) is 17.3 Å². The third-order valence-corrected chi connectivity index (χ3v) is 4.52. The molecule has 84 valence electrons. The predicted molar refractivity (Wildman–Crippen MR) is 58.4 cm³/mol. The van der Waals surface area contributed by atoms with Crippen molar-refractivity contribution in [1.29, 1.82) is 0 Å². The first-order valence-electron chi connectivity index (χ1n) is 6.18. The van der Waals surface area contributed by atoms with Crippen molar-refractivity contribution in [3.8, 4) is 0 Å². The average Bonchev–Trinajstić information content (AvgIpc) is 2.82. The molecule has 0 amide bonds. The molecule has 2 heteroatoms. The van der Waals surface area contributed by atoms with E-state index in [1.807, 2.05) is 19.1 Å². The van der Waals surface area contributed by atoms with Crippen LogP contribution in [0, 0.1) is 17.3 Å². The van der Waals surface area contributed by atoms with Crippen LogP contribution in [0.25, 0.3) is 0 Å². The second-order valence-corrected chi connectivity index (χ2v) is 5.46. The zero-order chi connectivity index (χ0) is 10.3. The van der Waals surface area contributed by atoms with E-state index in [9.17, 15) is 0 Å². The Morgan fingerprint density at radius 2 is 2.00 bits per heavy atom. The van der Waals surface area contributed by atoms with Gasteiger partial charge in [-0.2, -0.15) is 0 Å². The highest BCUT2D eigenvalue weighted by Crippen LogP contribution is 2.57. The molecule has 0 aromatic heterocycles. The van der Waals surface area contributed by atoms with Crippen LogP contribution in [-0.2, 0) is 9.47 Å². The Kier molecular flexibility index (Phi) is 2.37. The fraction of sp³-hybridized carbons (Fsp3) is 0.846. The molecule has 1 aliphatic heterocycles. The zero-order valence-corrected chi connectivity index (χ0v) is 9.45. The molecule has 2 atom stereocenters. The molecule has 2 bridgehead atoms. The van der Waals surface area contributed by atoms with Crippen molar-refractivity contribution in [3.05, 3.63) is 12.2 Å².